The van der Waals surface area contributed by atoms with Gasteiger partial charge in [0, 0.05) is 35.9 Å². The predicted octanol–water partition coefficient (Wildman–Crippen LogP) is 5.01. The van der Waals surface area contributed by atoms with E-state index in [1.807, 2.05) is 36.4 Å². The van der Waals surface area contributed by atoms with Crippen molar-refractivity contribution >= 4 is 23.4 Å². The van der Waals surface area contributed by atoms with Crippen LogP contribution in [-0.4, -0.2) is 30.7 Å². The van der Waals surface area contributed by atoms with E-state index in [2.05, 4.69) is 5.32 Å². The predicted molar refractivity (Wildman–Crippen MR) is 115 cm³/mol. The SMILES string of the molecule is O=C(CSc1ccc2c(c1)OCCCO2)Nc1ccc2c(c1)OC1(CCCCC1)O2. The molecule has 30 heavy (non-hydrogen) atoms. The van der Waals surface area contributed by atoms with Crippen LogP contribution < -0.4 is 24.3 Å². The Labute approximate surface area is 180 Å². The molecule has 3 aliphatic rings. The van der Waals surface area contributed by atoms with Crippen molar-refractivity contribution in [2.75, 3.05) is 24.3 Å². The van der Waals surface area contributed by atoms with Crippen molar-refractivity contribution in [3.8, 4) is 23.0 Å². The highest BCUT2D eigenvalue weighted by molar-refractivity contribution is 8.00. The van der Waals surface area contributed by atoms with Crippen LogP contribution in [0.1, 0.15) is 38.5 Å². The number of carbonyl (C=O) groups is 1. The topological polar surface area (TPSA) is 66.0 Å². The van der Waals surface area contributed by atoms with E-state index in [9.17, 15) is 4.79 Å². The van der Waals surface area contributed by atoms with Gasteiger partial charge in [0.15, 0.2) is 23.0 Å². The highest BCUT2D eigenvalue weighted by atomic mass is 32.2. The molecule has 158 valence electrons. The van der Waals surface area contributed by atoms with Gasteiger partial charge in [0.2, 0.25) is 5.91 Å². The second kappa shape index (κ2) is 8.30. The molecule has 0 aromatic heterocycles. The van der Waals surface area contributed by atoms with Gasteiger partial charge in [0.1, 0.15) is 0 Å². The maximum absolute atomic E-state index is 12.5. The number of benzene rings is 2. The smallest absolute Gasteiger partial charge is 0.251 e. The molecule has 1 aliphatic carbocycles. The van der Waals surface area contributed by atoms with Crippen molar-refractivity contribution in [1.82, 2.24) is 0 Å². The van der Waals surface area contributed by atoms with Crippen LogP contribution >= 0.6 is 11.8 Å². The zero-order valence-electron chi connectivity index (χ0n) is 16.8. The second-order valence-corrected chi connectivity index (χ2v) is 8.88. The first-order valence-electron chi connectivity index (χ1n) is 10.5. The quantitative estimate of drug-likeness (QED) is 0.692. The molecule has 5 rings (SSSR count). The average molecular weight is 428 g/mol. The molecule has 1 saturated carbocycles. The van der Waals surface area contributed by atoms with E-state index in [0.29, 0.717) is 24.7 Å². The van der Waals surface area contributed by atoms with E-state index in [1.165, 1.54) is 18.2 Å². The van der Waals surface area contributed by atoms with Gasteiger partial charge in [0.05, 0.1) is 19.0 Å². The summed E-state index contributed by atoms with van der Waals surface area (Å²) in [4.78, 5) is 13.4. The first-order chi connectivity index (χ1) is 14.7. The van der Waals surface area contributed by atoms with Gasteiger partial charge in [-0.1, -0.05) is 6.42 Å². The molecule has 6 nitrogen and oxygen atoms in total. The van der Waals surface area contributed by atoms with E-state index in [1.54, 1.807) is 0 Å². The first kappa shape index (κ1) is 19.4. The lowest BCUT2D eigenvalue weighted by atomic mass is 9.94. The summed E-state index contributed by atoms with van der Waals surface area (Å²) in [6.45, 7) is 1.31. The number of fused-ring (bicyclic) bond motifs is 2. The normalized spacial score (nSPS) is 18.7. The van der Waals surface area contributed by atoms with E-state index in [0.717, 1.165) is 59.9 Å². The minimum atomic E-state index is -0.504. The van der Waals surface area contributed by atoms with Crippen LogP contribution in [0.3, 0.4) is 0 Å². The molecule has 1 spiro atoms. The highest BCUT2D eigenvalue weighted by Crippen LogP contribution is 2.46. The Morgan fingerprint density at radius 1 is 0.867 bits per heavy atom. The van der Waals surface area contributed by atoms with Gasteiger partial charge in [-0.25, -0.2) is 0 Å². The maximum atomic E-state index is 12.5. The van der Waals surface area contributed by atoms with Crippen molar-refractivity contribution in [2.24, 2.45) is 0 Å². The maximum Gasteiger partial charge on any atom is 0.251 e. The number of nitrogens with one attached hydrogen (secondary N) is 1. The zero-order chi connectivity index (χ0) is 20.4. The Balaban J connectivity index is 1.18. The molecule has 1 fully saturated rings. The molecular formula is C23H25NO5S. The summed E-state index contributed by atoms with van der Waals surface area (Å²) in [5.41, 5.74) is 0.717. The van der Waals surface area contributed by atoms with Crippen molar-refractivity contribution in [1.29, 1.82) is 0 Å². The van der Waals surface area contributed by atoms with E-state index in [-0.39, 0.29) is 5.91 Å². The Hall–Kier alpha value is -2.54. The molecule has 0 unspecified atom stereocenters. The van der Waals surface area contributed by atoms with Crippen LogP contribution in [0, 0.1) is 0 Å². The van der Waals surface area contributed by atoms with Crippen LogP contribution in [0.5, 0.6) is 23.0 Å². The molecule has 0 radical (unpaired) electrons. The van der Waals surface area contributed by atoms with Crippen LogP contribution in [0.25, 0.3) is 0 Å². The van der Waals surface area contributed by atoms with Crippen molar-refractivity contribution in [3.05, 3.63) is 36.4 Å². The molecule has 2 aromatic carbocycles. The van der Waals surface area contributed by atoms with Gasteiger partial charge in [-0.2, -0.15) is 0 Å². The third-order valence-electron chi connectivity index (χ3n) is 5.52. The van der Waals surface area contributed by atoms with Gasteiger partial charge in [-0.05, 0) is 43.2 Å². The van der Waals surface area contributed by atoms with E-state index in [4.69, 9.17) is 18.9 Å². The lowest BCUT2D eigenvalue weighted by Gasteiger charge is -2.31. The fraction of sp³-hybridized carbons (Fsp3) is 0.435. The number of anilines is 1. The molecule has 2 heterocycles. The lowest BCUT2D eigenvalue weighted by molar-refractivity contribution is -0.113. The van der Waals surface area contributed by atoms with E-state index < -0.39 is 5.79 Å². The molecule has 1 amide bonds. The number of rotatable bonds is 4. The summed E-state index contributed by atoms with van der Waals surface area (Å²) in [6, 6.07) is 11.4. The van der Waals surface area contributed by atoms with Crippen LogP contribution in [0.4, 0.5) is 5.69 Å². The molecule has 0 bridgehead atoms. The number of thioether (sulfide) groups is 1. The Morgan fingerprint density at radius 2 is 1.63 bits per heavy atom. The van der Waals surface area contributed by atoms with Crippen molar-refractivity contribution in [3.63, 3.8) is 0 Å². The fourth-order valence-corrected chi connectivity index (χ4v) is 4.77. The Morgan fingerprint density at radius 3 is 2.50 bits per heavy atom. The Bertz CT molecular complexity index is 941. The largest absolute Gasteiger partial charge is 0.490 e. The molecule has 0 atom stereocenters. The van der Waals surface area contributed by atoms with Gasteiger partial charge in [-0.15, -0.1) is 11.8 Å². The minimum absolute atomic E-state index is 0.0710. The van der Waals surface area contributed by atoms with Crippen LogP contribution in [-0.2, 0) is 4.79 Å². The second-order valence-electron chi connectivity index (χ2n) is 7.83. The third kappa shape index (κ3) is 4.17. The number of carbonyl (C=O) groups excluding carboxylic acids is 1. The van der Waals surface area contributed by atoms with Crippen molar-refractivity contribution in [2.45, 2.75) is 49.2 Å². The summed E-state index contributed by atoms with van der Waals surface area (Å²) < 4.78 is 23.6. The number of amides is 1. The highest BCUT2D eigenvalue weighted by Gasteiger charge is 2.42. The fourth-order valence-electron chi connectivity index (χ4n) is 4.05. The molecule has 2 aromatic rings. The summed E-state index contributed by atoms with van der Waals surface area (Å²) in [5, 5.41) is 2.95. The number of hydrogen-bond acceptors (Lipinski definition) is 6. The third-order valence-corrected chi connectivity index (χ3v) is 6.52. The number of ether oxygens (including phenoxy) is 4. The number of hydrogen-bond donors (Lipinski definition) is 1. The standard InChI is InChI=1S/C23H25NO5S/c25-22(15-30-17-6-8-18-20(14-17)27-12-4-11-26-18)24-16-5-7-19-21(13-16)29-23(28-19)9-2-1-3-10-23/h5-8,13-14H,1-4,9-12,15H2,(H,24,25). The average Bonchev–Trinajstić information content (AvgIpc) is 2.93. The molecular weight excluding hydrogens is 402 g/mol. The molecule has 0 saturated heterocycles. The van der Waals surface area contributed by atoms with Gasteiger partial charge < -0.3 is 24.3 Å². The monoisotopic (exact) mass is 427 g/mol. The summed E-state index contributed by atoms with van der Waals surface area (Å²) in [7, 11) is 0. The van der Waals surface area contributed by atoms with Gasteiger partial charge in [0.25, 0.3) is 5.79 Å². The van der Waals surface area contributed by atoms with Gasteiger partial charge in [-0.3, -0.25) is 4.79 Å². The molecule has 1 N–H and O–H groups in total. The molecule has 7 heteroatoms. The Kier molecular flexibility index (Phi) is 5.37. The lowest BCUT2D eigenvalue weighted by Crippen LogP contribution is -2.40. The minimum Gasteiger partial charge on any atom is -0.490 e. The van der Waals surface area contributed by atoms with E-state index >= 15 is 0 Å². The summed E-state index contributed by atoms with van der Waals surface area (Å²) >= 11 is 1.47. The first-order valence-corrected chi connectivity index (χ1v) is 11.5. The van der Waals surface area contributed by atoms with Crippen LogP contribution in [0.15, 0.2) is 41.3 Å². The summed E-state index contributed by atoms with van der Waals surface area (Å²) in [6.07, 6.45) is 6.16. The van der Waals surface area contributed by atoms with Gasteiger partial charge >= 0.3 is 0 Å². The zero-order valence-corrected chi connectivity index (χ0v) is 17.6. The van der Waals surface area contributed by atoms with Crippen LogP contribution in [0.2, 0.25) is 0 Å². The summed E-state index contributed by atoms with van der Waals surface area (Å²) in [5.74, 6) is 2.71. The molecule has 2 aliphatic heterocycles. The van der Waals surface area contributed by atoms with Crippen molar-refractivity contribution < 1.29 is 23.7 Å².